The van der Waals surface area contributed by atoms with Crippen LogP contribution >= 0.6 is 23.4 Å². The van der Waals surface area contributed by atoms with Crippen LogP contribution in [0.2, 0.25) is 5.02 Å². The number of aliphatic hydroxyl groups excluding tert-OH is 2. The molecule has 0 radical (unpaired) electrons. The quantitative estimate of drug-likeness (QED) is 0.847. The van der Waals surface area contributed by atoms with Crippen molar-refractivity contribution >= 4 is 23.4 Å². The molecule has 0 aromatic heterocycles. The topological polar surface area (TPSA) is 40.5 Å². The van der Waals surface area contributed by atoms with E-state index < -0.39 is 24.1 Å². The van der Waals surface area contributed by atoms with Crippen molar-refractivity contribution in [2.24, 2.45) is 0 Å². The van der Waals surface area contributed by atoms with Crippen LogP contribution in [0.15, 0.2) is 24.3 Å². The number of benzene rings is 1. The summed E-state index contributed by atoms with van der Waals surface area (Å²) in [5, 5.41) is 19.3. The van der Waals surface area contributed by atoms with Crippen molar-refractivity contribution in [2.75, 3.05) is 19.0 Å². The van der Waals surface area contributed by atoms with Crippen LogP contribution in [0.3, 0.4) is 0 Å². The molecular formula is C12H14ClF3O2S. The average molecular weight is 315 g/mol. The van der Waals surface area contributed by atoms with E-state index in [9.17, 15) is 23.4 Å². The minimum Gasteiger partial charge on any atom is -0.395 e. The lowest BCUT2D eigenvalue weighted by molar-refractivity contribution is -0.0329. The number of hydrogen-bond donors (Lipinski definition) is 2. The summed E-state index contributed by atoms with van der Waals surface area (Å²) in [6.07, 6.45) is 0.00448. The Morgan fingerprint density at radius 1 is 1.16 bits per heavy atom. The van der Waals surface area contributed by atoms with Gasteiger partial charge >= 0.3 is 5.51 Å². The van der Waals surface area contributed by atoms with Crippen molar-refractivity contribution in [1.29, 1.82) is 0 Å². The molecule has 1 aromatic carbocycles. The van der Waals surface area contributed by atoms with Crippen molar-refractivity contribution in [1.82, 2.24) is 0 Å². The molecule has 0 aliphatic rings. The normalized spacial score (nSPS) is 12.7. The fraction of sp³-hybridized carbons (Fsp3) is 0.500. The molecule has 108 valence electrons. The minimum absolute atomic E-state index is 0.00448. The SMILES string of the molecule is OCC(CO)(CCSC(F)(F)F)c1cccc(Cl)c1. The van der Waals surface area contributed by atoms with Gasteiger partial charge in [0.05, 0.1) is 13.2 Å². The lowest BCUT2D eigenvalue weighted by Crippen LogP contribution is -2.35. The molecule has 7 heteroatoms. The van der Waals surface area contributed by atoms with Crippen LogP contribution in [0.4, 0.5) is 13.2 Å². The molecule has 19 heavy (non-hydrogen) atoms. The van der Waals surface area contributed by atoms with E-state index in [1.165, 1.54) is 0 Å². The molecule has 0 aliphatic carbocycles. The predicted octanol–water partition coefficient (Wildman–Crippen LogP) is 3.21. The zero-order valence-electron chi connectivity index (χ0n) is 9.95. The van der Waals surface area contributed by atoms with Crippen LogP contribution in [0.25, 0.3) is 0 Å². The highest BCUT2D eigenvalue weighted by Gasteiger charge is 2.34. The summed E-state index contributed by atoms with van der Waals surface area (Å²) < 4.78 is 36.4. The van der Waals surface area contributed by atoms with Crippen LogP contribution in [-0.2, 0) is 5.41 Å². The van der Waals surface area contributed by atoms with E-state index in [-0.39, 0.29) is 23.9 Å². The smallest absolute Gasteiger partial charge is 0.395 e. The third kappa shape index (κ3) is 4.87. The Hall–Kier alpha value is -0.430. The predicted molar refractivity (Wildman–Crippen MR) is 70.4 cm³/mol. The first-order chi connectivity index (χ1) is 8.83. The second kappa shape index (κ2) is 6.83. The minimum atomic E-state index is -4.31. The molecule has 0 fully saturated rings. The maximum atomic E-state index is 12.1. The summed E-state index contributed by atoms with van der Waals surface area (Å²) in [6.45, 7) is -0.884. The van der Waals surface area contributed by atoms with Gasteiger partial charge in [0.15, 0.2) is 0 Å². The van der Waals surface area contributed by atoms with Gasteiger partial charge in [0.25, 0.3) is 0 Å². The molecule has 0 unspecified atom stereocenters. The van der Waals surface area contributed by atoms with E-state index in [1.807, 2.05) is 0 Å². The van der Waals surface area contributed by atoms with Crippen molar-refractivity contribution < 1.29 is 23.4 Å². The standard InChI is InChI=1S/C12H14ClF3O2S/c13-10-3-1-2-9(6-10)11(7-17,8-18)4-5-19-12(14,15)16/h1-3,6,17-18H,4-5,7-8H2. The van der Waals surface area contributed by atoms with Crippen molar-refractivity contribution in [3.8, 4) is 0 Å². The Bertz CT molecular complexity index is 408. The number of alkyl halides is 3. The highest BCUT2D eigenvalue weighted by atomic mass is 35.5. The summed E-state index contributed by atoms with van der Waals surface area (Å²) in [4.78, 5) is 0. The highest BCUT2D eigenvalue weighted by molar-refractivity contribution is 8.00. The maximum Gasteiger partial charge on any atom is 0.441 e. The van der Waals surface area contributed by atoms with Crippen LogP contribution in [0.5, 0.6) is 0 Å². The molecule has 0 heterocycles. The van der Waals surface area contributed by atoms with Gasteiger partial charge in [-0.3, -0.25) is 0 Å². The van der Waals surface area contributed by atoms with Crippen LogP contribution < -0.4 is 0 Å². The third-order valence-corrected chi connectivity index (χ3v) is 3.86. The van der Waals surface area contributed by atoms with E-state index in [2.05, 4.69) is 0 Å². The molecule has 0 atom stereocenters. The Morgan fingerprint density at radius 2 is 1.79 bits per heavy atom. The summed E-state index contributed by atoms with van der Waals surface area (Å²) in [5.41, 5.74) is -4.89. The third-order valence-electron chi connectivity index (χ3n) is 2.89. The molecule has 0 amide bonds. The van der Waals surface area contributed by atoms with Crippen molar-refractivity contribution in [2.45, 2.75) is 17.3 Å². The van der Waals surface area contributed by atoms with Crippen LogP contribution in [0, 0.1) is 0 Å². The summed E-state index contributed by atoms with van der Waals surface area (Å²) in [5.74, 6) is -0.239. The van der Waals surface area contributed by atoms with Gasteiger partial charge in [-0.15, -0.1) is 0 Å². The van der Waals surface area contributed by atoms with Crippen LogP contribution in [0.1, 0.15) is 12.0 Å². The van der Waals surface area contributed by atoms with Gasteiger partial charge in [0.2, 0.25) is 0 Å². The van der Waals surface area contributed by atoms with Gasteiger partial charge in [-0.1, -0.05) is 35.5 Å². The molecule has 0 saturated heterocycles. The second-order valence-electron chi connectivity index (χ2n) is 4.15. The van der Waals surface area contributed by atoms with E-state index in [0.29, 0.717) is 10.6 Å². The Labute approximate surface area is 118 Å². The van der Waals surface area contributed by atoms with E-state index in [4.69, 9.17) is 11.6 Å². The molecule has 1 rings (SSSR count). The molecular weight excluding hydrogens is 301 g/mol. The number of rotatable bonds is 6. The number of aliphatic hydroxyl groups is 2. The number of thioether (sulfide) groups is 1. The number of halogens is 4. The van der Waals surface area contributed by atoms with Gasteiger partial charge in [-0.2, -0.15) is 13.2 Å². The molecule has 0 spiro atoms. The Balaban J connectivity index is 2.85. The van der Waals surface area contributed by atoms with Gasteiger partial charge in [-0.05, 0) is 24.1 Å². The molecule has 1 aromatic rings. The molecule has 0 saturated carbocycles. The van der Waals surface area contributed by atoms with Crippen molar-refractivity contribution in [3.05, 3.63) is 34.9 Å². The lowest BCUT2D eigenvalue weighted by atomic mass is 9.79. The first kappa shape index (κ1) is 16.6. The average Bonchev–Trinajstić information content (AvgIpc) is 2.34. The highest BCUT2D eigenvalue weighted by Crippen LogP contribution is 2.35. The molecule has 2 N–H and O–H groups in total. The monoisotopic (exact) mass is 314 g/mol. The first-order valence-electron chi connectivity index (χ1n) is 5.51. The largest absolute Gasteiger partial charge is 0.441 e. The first-order valence-corrected chi connectivity index (χ1v) is 6.88. The summed E-state index contributed by atoms with van der Waals surface area (Å²) in [6, 6.07) is 6.44. The maximum absolute atomic E-state index is 12.1. The summed E-state index contributed by atoms with van der Waals surface area (Å²) >= 11 is 5.66. The van der Waals surface area contributed by atoms with E-state index in [1.54, 1.807) is 24.3 Å². The Kier molecular flexibility index (Phi) is 5.98. The Morgan fingerprint density at radius 3 is 2.26 bits per heavy atom. The zero-order chi connectivity index (χ0) is 14.5. The van der Waals surface area contributed by atoms with Crippen LogP contribution in [-0.4, -0.2) is 34.7 Å². The molecule has 0 aliphatic heterocycles. The summed E-state index contributed by atoms with van der Waals surface area (Å²) in [7, 11) is 0. The lowest BCUT2D eigenvalue weighted by Gasteiger charge is -2.30. The van der Waals surface area contributed by atoms with Gasteiger partial charge < -0.3 is 10.2 Å². The van der Waals surface area contributed by atoms with Gasteiger partial charge in [0, 0.05) is 16.2 Å². The van der Waals surface area contributed by atoms with Gasteiger partial charge in [0.1, 0.15) is 0 Å². The van der Waals surface area contributed by atoms with E-state index in [0.717, 1.165) is 0 Å². The fourth-order valence-corrected chi connectivity index (χ4v) is 2.63. The second-order valence-corrected chi connectivity index (χ2v) is 5.75. The fourth-order valence-electron chi connectivity index (χ4n) is 1.72. The van der Waals surface area contributed by atoms with E-state index >= 15 is 0 Å². The number of hydrogen-bond acceptors (Lipinski definition) is 3. The van der Waals surface area contributed by atoms with Gasteiger partial charge in [-0.25, -0.2) is 0 Å². The zero-order valence-corrected chi connectivity index (χ0v) is 11.5. The molecule has 2 nitrogen and oxygen atoms in total. The molecule has 0 bridgehead atoms. The van der Waals surface area contributed by atoms with Crippen molar-refractivity contribution in [3.63, 3.8) is 0 Å².